The maximum absolute atomic E-state index is 13.5. The molecule has 3 aromatic rings. The van der Waals surface area contributed by atoms with E-state index in [1.165, 1.54) is 11.3 Å². The van der Waals surface area contributed by atoms with Gasteiger partial charge in [-0.05, 0) is 40.0 Å². The summed E-state index contributed by atoms with van der Waals surface area (Å²) in [6, 6.07) is 14.7. The van der Waals surface area contributed by atoms with Crippen LogP contribution in [0.2, 0.25) is 0 Å². The second-order valence-corrected chi connectivity index (χ2v) is 8.81. The predicted molar refractivity (Wildman–Crippen MR) is 122 cm³/mol. The van der Waals surface area contributed by atoms with Gasteiger partial charge >= 0.3 is 0 Å². The normalized spacial score (nSPS) is 15.5. The molecule has 2 unspecified atom stereocenters. The molecule has 1 aromatic heterocycles. The van der Waals surface area contributed by atoms with Crippen LogP contribution in [-0.2, 0) is 17.8 Å². The smallest absolute Gasteiger partial charge is 0.251 e. The number of carbonyl (C=O) groups is 2. The van der Waals surface area contributed by atoms with Crippen molar-refractivity contribution in [1.29, 1.82) is 0 Å². The van der Waals surface area contributed by atoms with Crippen molar-refractivity contribution in [3.8, 4) is 0 Å². The number of nitrogens with zero attached hydrogens (tertiary/aromatic N) is 1. The topological polar surface area (TPSA) is 65.2 Å². The molecule has 0 aliphatic carbocycles. The molecule has 2 atom stereocenters. The van der Waals surface area contributed by atoms with Crippen LogP contribution in [0.1, 0.15) is 41.9 Å². The van der Waals surface area contributed by atoms with Gasteiger partial charge in [-0.25, -0.2) is 0 Å². The highest BCUT2D eigenvalue weighted by molar-refractivity contribution is 9.10. The van der Waals surface area contributed by atoms with Gasteiger partial charge in [-0.3, -0.25) is 9.59 Å². The van der Waals surface area contributed by atoms with Crippen molar-refractivity contribution in [3.05, 3.63) is 69.8 Å². The fourth-order valence-corrected chi connectivity index (χ4v) is 4.55. The number of para-hydroxylation sites is 1. The quantitative estimate of drug-likeness (QED) is 0.572. The molecule has 0 saturated heterocycles. The summed E-state index contributed by atoms with van der Waals surface area (Å²) in [5.41, 5.74) is 4.01. The molecule has 1 aliphatic heterocycles. The average molecular weight is 468 g/mol. The Morgan fingerprint density at radius 3 is 2.67 bits per heavy atom. The maximum Gasteiger partial charge on any atom is 0.251 e. The largest absolute Gasteiger partial charge is 0.357 e. The predicted octanol–water partition coefficient (Wildman–Crippen LogP) is 4.66. The Balaban J connectivity index is 1.57. The van der Waals surface area contributed by atoms with Gasteiger partial charge in [-0.2, -0.15) is 0 Å². The van der Waals surface area contributed by atoms with Gasteiger partial charge in [0, 0.05) is 46.2 Å². The van der Waals surface area contributed by atoms with Gasteiger partial charge in [-0.15, -0.1) is 0 Å². The van der Waals surface area contributed by atoms with E-state index in [2.05, 4.69) is 32.3 Å². The van der Waals surface area contributed by atoms with Crippen molar-refractivity contribution >= 4 is 38.6 Å². The molecule has 2 amide bonds. The minimum absolute atomic E-state index is 0.0105. The van der Waals surface area contributed by atoms with Crippen LogP contribution in [0, 0.1) is 5.92 Å². The summed E-state index contributed by atoms with van der Waals surface area (Å²) in [5.74, 6) is -0.171. The Morgan fingerprint density at radius 1 is 1.17 bits per heavy atom. The number of hydrogen-bond acceptors (Lipinski definition) is 2. The molecule has 0 spiro atoms. The number of halogens is 1. The van der Waals surface area contributed by atoms with Gasteiger partial charge in [-0.1, -0.05) is 50.6 Å². The van der Waals surface area contributed by atoms with Crippen molar-refractivity contribution in [2.75, 3.05) is 6.54 Å². The molecule has 0 fully saturated rings. The first-order valence-electron chi connectivity index (χ1n) is 10.4. The number of rotatable bonds is 5. The van der Waals surface area contributed by atoms with Gasteiger partial charge in [0.05, 0.1) is 5.52 Å². The zero-order valence-corrected chi connectivity index (χ0v) is 18.8. The van der Waals surface area contributed by atoms with Crippen molar-refractivity contribution < 1.29 is 9.59 Å². The SMILES string of the molecule is CCC(C)C(NC(=O)c1ccccc1)C(=O)N1CCc2[nH]c3c(Br)cccc3c2C1. The molecule has 0 saturated carbocycles. The lowest BCUT2D eigenvalue weighted by molar-refractivity contribution is -0.135. The lowest BCUT2D eigenvalue weighted by Gasteiger charge is -2.33. The number of amides is 2. The molecule has 0 bridgehead atoms. The lowest BCUT2D eigenvalue weighted by atomic mass is 9.95. The number of H-pyrrole nitrogens is 1. The van der Waals surface area contributed by atoms with E-state index in [0.717, 1.165) is 28.2 Å². The van der Waals surface area contributed by atoms with Gasteiger partial charge in [0.25, 0.3) is 5.91 Å². The van der Waals surface area contributed by atoms with Crippen LogP contribution >= 0.6 is 15.9 Å². The number of benzene rings is 2. The highest BCUT2D eigenvalue weighted by atomic mass is 79.9. The minimum atomic E-state index is -0.541. The first-order valence-corrected chi connectivity index (χ1v) is 11.2. The molecule has 2 heterocycles. The molecular weight excluding hydrogens is 442 g/mol. The maximum atomic E-state index is 13.5. The zero-order chi connectivity index (χ0) is 21.3. The van der Waals surface area contributed by atoms with Crippen LogP contribution < -0.4 is 5.32 Å². The Morgan fingerprint density at radius 2 is 1.93 bits per heavy atom. The van der Waals surface area contributed by atoms with Crippen LogP contribution in [0.15, 0.2) is 53.0 Å². The fraction of sp³-hybridized carbons (Fsp3) is 0.333. The summed E-state index contributed by atoms with van der Waals surface area (Å²) >= 11 is 3.61. The summed E-state index contributed by atoms with van der Waals surface area (Å²) in [4.78, 5) is 31.6. The number of carbonyl (C=O) groups excluding carboxylic acids is 2. The summed E-state index contributed by atoms with van der Waals surface area (Å²) in [5, 5.41) is 4.14. The van der Waals surface area contributed by atoms with E-state index in [1.807, 2.05) is 49.1 Å². The first kappa shape index (κ1) is 20.7. The fourth-order valence-electron chi connectivity index (χ4n) is 4.08. The Labute approximate surface area is 185 Å². The third-order valence-electron chi connectivity index (χ3n) is 6.07. The molecule has 6 heteroatoms. The third kappa shape index (κ3) is 3.88. The molecule has 0 radical (unpaired) electrons. The van der Waals surface area contributed by atoms with E-state index >= 15 is 0 Å². The van der Waals surface area contributed by atoms with Crippen LogP contribution in [-0.4, -0.2) is 34.3 Å². The number of aromatic amines is 1. The summed E-state index contributed by atoms with van der Waals surface area (Å²) in [7, 11) is 0. The number of aromatic nitrogens is 1. The Hall–Kier alpha value is -2.60. The second-order valence-electron chi connectivity index (χ2n) is 7.96. The van der Waals surface area contributed by atoms with Gasteiger partial charge in [0.1, 0.15) is 6.04 Å². The Bertz CT molecular complexity index is 1080. The first-order chi connectivity index (χ1) is 14.5. The van der Waals surface area contributed by atoms with Gasteiger partial charge in [0.2, 0.25) is 5.91 Å². The summed E-state index contributed by atoms with van der Waals surface area (Å²) < 4.78 is 1.03. The second kappa shape index (κ2) is 8.64. The van der Waals surface area contributed by atoms with E-state index in [1.54, 1.807) is 12.1 Å². The van der Waals surface area contributed by atoms with E-state index in [4.69, 9.17) is 0 Å². The number of hydrogen-bond donors (Lipinski definition) is 2. The highest BCUT2D eigenvalue weighted by Crippen LogP contribution is 2.32. The van der Waals surface area contributed by atoms with Gasteiger partial charge < -0.3 is 15.2 Å². The average Bonchev–Trinajstić information content (AvgIpc) is 3.16. The summed E-state index contributed by atoms with van der Waals surface area (Å²) in [6.45, 7) is 5.26. The third-order valence-corrected chi connectivity index (χ3v) is 6.73. The van der Waals surface area contributed by atoms with E-state index in [0.29, 0.717) is 18.7 Å². The van der Waals surface area contributed by atoms with E-state index < -0.39 is 6.04 Å². The minimum Gasteiger partial charge on any atom is -0.357 e. The van der Waals surface area contributed by atoms with Crippen molar-refractivity contribution in [3.63, 3.8) is 0 Å². The van der Waals surface area contributed by atoms with Gasteiger partial charge in [0.15, 0.2) is 0 Å². The van der Waals surface area contributed by atoms with Crippen LogP contribution in [0.25, 0.3) is 10.9 Å². The highest BCUT2D eigenvalue weighted by Gasteiger charge is 2.33. The lowest BCUT2D eigenvalue weighted by Crippen LogP contribution is -2.52. The molecule has 2 N–H and O–H groups in total. The van der Waals surface area contributed by atoms with Crippen LogP contribution in [0.3, 0.4) is 0 Å². The standard InChI is InChI=1S/C24H26BrN3O2/c1-3-15(2)21(27-23(29)16-8-5-4-6-9-16)24(30)28-13-12-20-18(14-28)17-10-7-11-19(25)22(17)26-20/h4-11,15,21,26H,3,12-14H2,1-2H3,(H,27,29). The van der Waals surface area contributed by atoms with Crippen LogP contribution in [0.5, 0.6) is 0 Å². The molecule has 4 rings (SSSR count). The molecule has 2 aromatic carbocycles. The molecule has 30 heavy (non-hydrogen) atoms. The van der Waals surface area contributed by atoms with Crippen molar-refractivity contribution in [2.24, 2.45) is 5.92 Å². The zero-order valence-electron chi connectivity index (χ0n) is 17.2. The Kier molecular flexibility index (Phi) is 5.95. The number of nitrogens with one attached hydrogen (secondary N) is 2. The van der Waals surface area contributed by atoms with Crippen molar-refractivity contribution in [1.82, 2.24) is 15.2 Å². The molecular formula is C24H26BrN3O2. The van der Waals surface area contributed by atoms with E-state index in [-0.39, 0.29) is 17.7 Å². The monoisotopic (exact) mass is 467 g/mol. The van der Waals surface area contributed by atoms with E-state index in [9.17, 15) is 9.59 Å². The molecule has 156 valence electrons. The molecule has 1 aliphatic rings. The van der Waals surface area contributed by atoms with Crippen molar-refractivity contribution in [2.45, 2.75) is 39.3 Å². The van der Waals surface area contributed by atoms with Crippen LogP contribution in [0.4, 0.5) is 0 Å². The summed E-state index contributed by atoms with van der Waals surface area (Å²) in [6.07, 6.45) is 1.59. The number of fused-ring (bicyclic) bond motifs is 3. The molecule has 5 nitrogen and oxygen atoms in total.